The molecular formula is C14H11F2NO2. The van der Waals surface area contributed by atoms with Crippen LogP contribution in [-0.2, 0) is 6.61 Å². The van der Waals surface area contributed by atoms with Gasteiger partial charge in [0.05, 0.1) is 5.56 Å². The predicted octanol–water partition coefficient (Wildman–Crippen LogP) is 2.64. The number of carbonyl (C=O) groups excluding carboxylic acids is 1. The number of halogens is 2. The molecule has 0 saturated heterocycles. The average molecular weight is 263 g/mol. The lowest BCUT2D eigenvalue weighted by Gasteiger charge is -2.07. The number of rotatable bonds is 4. The van der Waals surface area contributed by atoms with Crippen molar-refractivity contribution in [3.05, 3.63) is 65.2 Å². The highest BCUT2D eigenvalue weighted by atomic mass is 19.1. The molecule has 0 bridgehead atoms. The number of carbonyl (C=O) groups is 1. The van der Waals surface area contributed by atoms with Crippen LogP contribution in [0.1, 0.15) is 15.9 Å². The number of hydrogen-bond donors (Lipinski definition) is 1. The van der Waals surface area contributed by atoms with Gasteiger partial charge in [-0.15, -0.1) is 0 Å². The van der Waals surface area contributed by atoms with Gasteiger partial charge >= 0.3 is 0 Å². The minimum atomic E-state index is -0.839. The van der Waals surface area contributed by atoms with E-state index in [2.05, 4.69) is 0 Å². The molecule has 0 aliphatic carbocycles. The van der Waals surface area contributed by atoms with Crippen molar-refractivity contribution in [3.8, 4) is 5.75 Å². The zero-order valence-electron chi connectivity index (χ0n) is 9.90. The number of ether oxygens (including phenoxy) is 1. The summed E-state index contributed by atoms with van der Waals surface area (Å²) in [6.45, 7) is 0.104. The number of primary amides is 1. The van der Waals surface area contributed by atoms with Crippen LogP contribution in [0.3, 0.4) is 0 Å². The quantitative estimate of drug-likeness (QED) is 0.921. The topological polar surface area (TPSA) is 52.3 Å². The third kappa shape index (κ3) is 3.28. The van der Waals surface area contributed by atoms with Crippen LogP contribution >= 0.6 is 0 Å². The lowest BCUT2D eigenvalue weighted by atomic mass is 10.2. The molecule has 0 aromatic heterocycles. The van der Waals surface area contributed by atoms with Gasteiger partial charge in [-0.2, -0.15) is 0 Å². The van der Waals surface area contributed by atoms with Gasteiger partial charge < -0.3 is 10.5 Å². The summed E-state index contributed by atoms with van der Waals surface area (Å²) in [5.41, 5.74) is 5.41. The summed E-state index contributed by atoms with van der Waals surface area (Å²) in [5.74, 6) is -1.71. The van der Waals surface area contributed by atoms with Crippen molar-refractivity contribution in [1.29, 1.82) is 0 Å². The van der Waals surface area contributed by atoms with Gasteiger partial charge in [-0.1, -0.05) is 12.1 Å². The third-order valence-electron chi connectivity index (χ3n) is 2.50. The Hall–Kier alpha value is -2.43. The number of hydrogen-bond acceptors (Lipinski definition) is 2. The molecule has 0 saturated carbocycles. The first-order chi connectivity index (χ1) is 9.06. The smallest absolute Gasteiger partial charge is 0.251 e. The van der Waals surface area contributed by atoms with Crippen LogP contribution < -0.4 is 10.5 Å². The molecule has 0 heterocycles. The van der Waals surface area contributed by atoms with Crippen molar-refractivity contribution in [2.45, 2.75) is 6.61 Å². The first-order valence-electron chi connectivity index (χ1n) is 5.53. The highest BCUT2D eigenvalue weighted by Crippen LogP contribution is 2.18. The van der Waals surface area contributed by atoms with Gasteiger partial charge in [-0.3, -0.25) is 4.79 Å². The van der Waals surface area contributed by atoms with Crippen LogP contribution in [0, 0.1) is 11.6 Å². The van der Waals surface area contributed by atoms with Crippen molar-refractivity contribution in [1.82, 2.24) is 0 Å². The van der Waals surface area contributed by atoms with E-state index in [-0.39, 0.29) is 23.7 Å². The van der Waals surface area contributed by atoms with Gasteiger partial charge in [0.2, 0.25) is 0 Å². The van der Waals surface area contributed by atoms with Gasteiger partial charge in [-0.25, -0.2) is 8.78 Å². The van der Waals surface area contributed by atoms with E-state index in [1.54, 1.807) is 12.1 Å². The molecule has 0 spiro atoms. The molecule has 2 rings (SSSR count). The molecule has 0 fully saturated rings. The molecule has 0 radical (unpaired) electrons. The van der Waals surface area contributed by atoms with Crippen LogP contribution in [0.15, 0.2) is 42.5 Å². The summed E-state index contributed by atoms with van der Waals surface area (Å²) in [7, 11) is 0. The minimum Gasteiger partial charge on any atom is -0.489 e. The van der Waals surface area contributed by atoms with Crippen LogP contribution in [0.25, 0.3) is 0 Å². The molecule has 1 amide bonds. The zero-order chi connectivity index (χ0) is 13.8. The first-order valence-corrected chi connectivity index (χ1v) is 5.53. The molecule has 5 heteroatoms. The van der Waals surface area contributed by atoms with E-state index < -0.39 is 11.7 Å². The molecule has 0 atom stereocenters. The standard InChI is InChI=1S/C14H11F2NO2/c15-10-3-1-2-9(6-10)8-19-11-4-5-12(14(17)18)13(16)7-11/h1-7H,8H2,(H2,17,18). The third-order valence-corrected chi connectivity index (χ3v) is 2.50. The van der Waals surface area contributed by atoms with Crippen molar-refractivity contribution in [3.63, 3.8) is 0 Å². The van der Waals surface area contributed by atoms with E-state index >= 15 is 0 Å². The molecule has 3 nitrogen and oxygen atoms in total. The van der Waals surface area contributed by atoms with Crippen LogP contribution in [0.4, 0.5) is 8.78 Å². The summed E-state index contributed by atoms with van der Waals surface area (Å²) >= 11 is 0. The van der Waals surface area contributed by atoms with E-state index in [9.17, 15) is 13.6 Å². The zero-order valence-corrected chi connectivity index (χ0v) is 9.90. The average Bonchev–Trinajstić information content (AvgIpc) is 2.36. The summed E-state index contributed by atoms with van der Waals surface area (Å²) in [6.07, 6.45) is 0. The number of amides is 1. The van der Waals surface area contributed by atoms with Gasteiger partial charge in [0, 0.05) is 6.07 Å². The van der Waals surface area contributed by atoms with Crippen molar-refractivity contribution in [2.75, 3.05) is 0 Å². The van der Waals surface area contributed by atoms with E-state index in [0.717, 1.165) is 6.07 Å². The summed E-state index contributed by atoms with van der Waals surface area (Å²) in [4.78, 5) is 10.8. The van der Waals surface area contributed by atoms with E-state index in [4.69, 9.17) is 10.5 Å². The fraction of sp³-hybridized carbons (Fsp3) is 0.0714. The van der Waals surface area contributed by atoms with Gasteiger partial charge in [0.15, 0.2) is 0 Å². The maximum absolute atomic E-state index is 13.4. The second kappa shape index (κ2) is 5.48. The van der Waals surface area contributed by atoms with Crippen LogP contribution in [-0.4, -0.2) is 5.91 Å². The largest absolute Gasteiger partial charge is 0.489 e. The lowest BCUT2D eigenvalue weighted by molar-refractivity contribution is 0.0996. The summed E-state index contributed by atoms with van der Waals surface area (Å²) in [5, 5.41) is 0. The molecule has 2 aromatic carbocycles. The lowest BCUT2D eigenvalue weighted by Crippen LogP contribution is -2.13. The number of nitrogens with two attached hydrogens (primary N) is 1. The highest BCUT2D eigenvalue weighted by Gasteiger charge is 2.09. The first kappa shape index (κ1) is 13.0. The molecule has 0 unspecified atom stereocenters. The predicted molar refractivity (Wildman–Crippen MR) is 65.6 cm³/mol. The molecule has 0 aliphatic heterocycles. The van der Waals surface area contributed by atoms with Gasteiger partial charge in [0.1, 0.15) is 24.0 Å². The molecule has 0 aliphatic rings. The van der Waals surface area contributed by atoms with E-state index in [1.807, 2.05) is 0 Å². The maximum Gasteiger partial charge on any atom is 0.251 e. The Morgan fingerprint density at radius 1 is 1.16 bits per heavy atom. The summed E-state index contributed by atoms with van der Waals surface area (Å²) in [6, 6.07) is 9.65. The fourth-order valence-corrected chi connectivity index (χ4v) is 1.58. The van der Waals surface area contributed by atoms with E-state index in [1.165, 1.54) is 24.3 Å². The van der Waals surface area contributed by atoms with Gasteiger partial charge in [0.25, 0.3) is 5.91 Å². The van der Waals surface area contributed by atoms with Crippen molar-refractivity contribution in [2.24, 2.45) is 5.73 Å². The fourth-order valence-electron chi connectivity index (χ4n) is 1.58. The molecule has 2 N–H and O–H groups in total. The molecule has 98 valence electrons. The second-order valence-electron chi connectivity index (χ2n) is 3.92. The van der Waals surface area contributed by atoms with Crippen LogP contribution in [0.5, 0.6) is 5.75 Å². The van der Waals surface area contributed by atoms with E-state index in [0.29, 0.717) is 5.56 Å². The SMILES string of the molecule is NC(=O)c1ccc(OCc2cccc(F)c2)cc1F. The van der Waals surface area contributed by atoms with Crippen molar-refractivity contribution < 1.29 is 18.3 Å². The Morgan fingerprint density at radius 3 is 2.58 bits per heavy atom. The van der Waals surface area contributed by atoms with Gasteiger partial charge in [-0.05, 0) is 29.8 Å². The molecule has 2 aromatic rings. The minimum absolute atomic E-state index is 0.104. The Bertz CT molecular complexity index is 614. The number of benzene rings is 2. The monoisotopic (exact) mass is 263 g/mol. The Labute approximate surface area is 108 Å². The Kier molecular flexibility index (Phi) is 3.75. The molecule has 19 heavy (non-hydrogen) atoms. The summed E-state index contributed by atoms with van der Waals surface area (Å²) < 4.78 is 31.7. The maximum atomic E-state index is 13.4. The normalized spacial score (nSPS) is 10.2. The second-order valence-corrected chi connectivity index (χ2v) is 3.92. The Morgan fingerprint density at radius 2 is 1.95 bits per heavy atom. The molecular weight excluding hydrogens is 252 g/mol. The van der Waals surface area contributed by atoms with Crippen molar-refractivity contribution >= 4 is 5.91 Å². The Balaban J connectivity index is 2.08. The van der Waals surface area contributed by atoms with Crippen LogP contribution in [0.2, 0.25) is 0 Å². The highest BCUT2D eigenvalue weighted by molar-refractivity contribution is 5.93.